The van der Waals surface area contributed by atoms with Gasteiger partial charge < -0.3 is 5.73 Å². The molecule has 1 amide bonds. The summed E-state index contributed by atoms with van der Waals surface area (Å²) >= 11 is 0. The molecule has 46 valence electrons. The number of fused-ring (bicyclic) bond motifs is 1. The number of carbonyl (C=O) groups excluding carboxylic acids is 1. The van der Waals surface area contributed by atoms with Crippen molar-refractivity contribution >= 4 is 12.1 Å². The van der Waals surface area contributed by atoms with E-state index >= 15 is 0 Å². The van der Waals surface area contributed by atoms with E-state index in [1.54, 1.807) is 0 Å². The van der Waals surface area contributed by atoms with Gasteiger partial charge in [-0.1, -0.05) is 0 Å². The van der Waals surface area contributed by atoms with Gasteiger partial charge >= 0.3 is 0 Å². The molecule has 2 heterocycles. The van der Waals surface area contributed by atoms with Gasteiger partial charge in [-0.2, -0.15) is 0 Å². The van der Waals surface area contributed by atoms with E-state index in [4.69, 9.17) is 5.73 Å². The molecule has 2 N–H and O–H groups in total. The van der Waals surface area contributed by atoms with Crippen LogP contribution in [0.4, 0.5) is 0 Å². The second-order valence-corrected chi connectivity index (χ2v) is 2.38. The molecule has 0 aromatic heterocycles. The molecule has 0 aromatic carbocycles. The topological polar surface area (TPSA) is 46.1 Å². The molecule has 0 bridgehead atoms. The summed E-state index contributed by atoms with van der Waals surface area (Å²) in [6.07, 6.45) is 3.72. The standard InChI is InChI=1S/C6H6N2O/c7-6(9)4-1-5-3-8(5)2-4/h1-2,5H,3H2,(H-,7,9)/p+1. The van der Waals surface area contributed by atoms with Crippen LogP contribution >= 0.6 is 0 Å². The van der Waals surface area contributed by atoms with Crippen LogP contribution in [0.3, 0.4) is 0 Å². The smallest absolute Gasteiger partial charge is 0.254 e. The summed E-state index contributed by atoms with van der Waals surface area (Å²) < 4.78 is 2.07. The van der Waals surface area contributed by atoms with Crippen molar-refractivity contribution in [3.8, 4) is 0 Å². The van der Waals surface area contributed by atoms with Crippen molar-refractivity contribution < 1.29 is 9.37 Å². The van der Waals surface area contributed by atoms with E-state index in [9.17, 15) is 4.79 Å². The van der Waals surface area contributed by atoms with Crippen LogP contribution in [0.15, 0.2) is 11.6 Å². The first-order valence-corrected chi connectivity index (χ1v) is 2.89. The van der Waals surface area contributed by atoms with Crippen molar-refractivity contribution in [1.82, 2.24) is 0 Å². The number of primary amides is 1. The van der Waals surface area contributed by atoms with Gasteiger partial charge in [0.15, 0.2) is 6.21 Å². The second kappa shape index (κ2) is 1.23. The lowest BCUT2D eigenvalue weighted by Gasteiger charge is -1.81. The average Bonchev–Trinajstić information content (AvgIpc) is 2.40. The normalized spacial score (nSPS) is 28.7. The minimum absolute atomic E-state index is 0.317. The van der Waals surface area contributed by atoms with E-state index in [1.165, 1.54) is 0 Å². The molecule has 0 spiro atoms. The molecule has 1 unspecified atom stereocenters. The molecule has 3 nitrogen and oxygen atoms in total. The lowest BCUT2D eigenvalue weighted by molar-refractivity contribution is -0.342. The van der Waals surface area contributed by atoms with Crippen LogP contribution < -0.4 is 5.73 Å². The lowest BCUT2D eigenvalue weighted by atomic mass is 10.2. The number of rotatable bonds is 1. The number of carbonyl (C=O) groups is 1. The first kappa shape index (κ1) is 4.73. The third-order valence-electron chi connectivity index (χ3n) is 1.65. The summed E-state index contributed by atoms with van der Waals surface area (Å²) in [4.78, 5) is 10.5. The van der Waals surface area contributed by atoms with Gasteiger partial charge in [0.2, 0.25) is 12.6 Å². The second-order valence-electron chi connectivity index (χ2n) is 2.38. The Morgan fingerprint density at radius 3 is 3.00 bits per heavy atom. The predicted octanol–water partition coefficient (Wildman–Crippen LogP) is -1.12. The van der Waals surface area contributed by atoms with E-state index in [1.807, 2.05) is 12.3 Å². The van der Waals surface area contributed by atoms with E-state index in [0.717, 1.165) is 6.54 Å². The van der Waals surface area contributed by atoms with Crippen molar-refractivity contribution in [3.63, 3.8) is 0 Å². The highest BCUT2D eigenvalue weighted by Gasteiger charge is 2.43. The largest absolute Gasteiger partial charge is 0.365 e. The molecule has 0 aromatic rings. The van der Waals surface area contributed by atoms with E-state index < -0.39 is 0 Å². The molecule has 1 saturated heterocycles. The Hall–Kier alpha value is -1.12. The zero-order valence-electron chi connectivity index (χ0n) is 4.87. The number of hydrogen-bond donors (Lipinski definition) is 1. The Morgan fingerprint density at radius 1 is 1.89 bits per heavy atom. The Kier molecular flexibility index (Phi) is 0.649. The van der Waals surface area contributed by atoms with Gasteiger partial charge in [-0.15, -0.1) is 0 Å². The zero-order chi connectivity index (χ0) is 6.43. The quantitative estimate of drug-likeness (QED) is 0.348. The van der Waals surface area contributed by atoms with Crippen LogP contribution in [-0.2, 0) is 4.79 Å². The van der Waals surface area contributed by atoms with Crippen molar-refractivity contribution in [2.24, 2.45) is 5.73 Å². The number of hydrogen-bond acceptors (Lipinski definition) is 1. The Balaban J connectivity index is 2.27. The monoisotopic (exact) mass is 123 g/mol. The van der Waals surface area contributed by atoms with E-state index in [0.29, 0.717) is 11.6 Å². The van der Waals surface area contributed by atoms with Crippen molar-refractivity contribution in [2.75, 3.05) is 6.54 Å². The van der Waals surface area contributed by atoms with Crippen molar-refractivity contribution in [1.29, 1.82) is 0 Å². The van der Waals surface area contributed by atoms with Crippen LogP contribution in [0.2, 0.25) is 0 Å². The third kappa shape index (κ3) is 0.575. The van der Waals surface area contributed by atoms with Gasteiger partial charge in [0, 0.05) is 6.08 Å². The summed E-state index contributed by atoms with van der Waals surface area (Å²) in [5.74, 6) is -0.317. The van der Waals surface area contributed by atoms with Gasteiger partial charge in [0.25, 0.3) is 5.91 Å². The van der Waals surface area contributed by atoms with Crippen LogP contribution in [-0.4, -0.2) is 29.3 Å². The van der Waals surface area contributed by atoms with Crippen LogP contribution in [0, 0.1) is 0 Å². The Morgan fingerprint density at radius 2 is 2.67 bits per heavy atom. The molecule has 2 rings (SSSR count). The molecule has 0 radical (unpaired) electrons. The first-order valence-electron chi connectivity index (χ1n) is 2.89. The van der Waals surface area contributed by atoms with Gasteiger partial charge in [-0.3, -0.25) is 4.79 Å². The first-order chi connectivity index (χ1) is 4.27. The molecule has 3 heteroatoms. The maximum absolute atomic E-state index is 10.5. The molecule has 1 atom stereocenters. The average molecular weight is 123 g/mol. The molecule has 1 fully saturated rings. The highest BCUT2D eigenvalue weighted by molar-refractivity contribution is 6.11. The third-order valence-corrected chi connectivity index (χ3v) is 1.65. The Labute approximate surface area is 52.5 Å². The van der Waals surface area contributed by atoms with E-state index in [2.05, 4.69) is 4.58 Å². The summed E-state index contributed by atoms with van der Waals surface area (Å²) in [5, 5.41) is 0. The minimum atomic E-state index is -0.317. The van der Waals surface area contributed by atoms with Crippen molar-refractivity contribution in [3.05, 3.63) is 11.6 Å². The molecular formula is C6H7N2O+. The number of nitrogens with zero attached hydrogens (tertiary/aromatic N) is 1. The molecule has 2 aliphatic rings. The fourth-order valence-corrected chi connectivity index (χ4v) is 1.04. The van der Waals surface area contributed by atoms with Gasteiger partial charge in [0.1, 0.15) is 5.57 Å². The van der Waals surface area contributed by atoms with Gasteiger partial charge in [-0.25, -0.2) is 4.58 Å². The molecule has 0 saturated carbocycles. The highest BCUT2D eigenvalue weighted by atomic mass is 16.1. The highest BCUT2D eigenvalue weighted by Crippen LogP contribution is 2.18. The predicted molar refractivity (Wildman–Crippen MR) is 32.3 cm³/mol. The number of amides is 1. The molecular weight excluding hydrogens is 116 g/mol. The summed E-state index contributed by atoms with van der Waals surface area (Å²) in [7, 11) is 0. The zero-order valence-corrected chi connectivity index (χ0v) is 4.87. The van der Waals surface area contributed by atoms with Gasteiger partial charge in [0.05, 0.1) is 0 Å². The molecule has 9 heavy (non-hydrogen) atoms. The fourth-order valence-electron chi connectivity index (χ4n) is 1.04. The number of nitrogens with two attached hydrogens (primary N) is 1. The lowest BCUT2D eigenvalue weighted by Crippen LogP contribution is -2.14. The maximum Gasteiger partial charge on any atom is 0.254 e. The maximum atomic E-state index is 10.5. The molecule has 2 aliphatic heterocycles. The summed E-state index contributed by atoms with van der Waals surface area (Å²) in [5.41, 5.74) is 5.67. The van der Waals surface area contributed by atoms with Crippen LogP contribution in [0.25, 0.3) is 0 Å². The van der Waals surface area contributed by atoms with Crippen molar-refractivity contribution in [2.45, 2.75) is 6.04 Å². The van der Waals surface area contributed by atoms with Crippen LogP contribution in [0.1, 0.15) is 0 Å². The Bertz CT molecular complexity index is 239. The van der Waals surface area contributed by atoms with Crippen LogP contribution in [0.5, 0.6) is 0 Å². The molecule has 0 aliphatic carbocycles. The summed E-state index contributed by atoms with van der Waals surface area (Å²) in [6.45, 7) is 1.07. The van der Waals surface area contributed by atoms with E-state index in [-0.39, 0.29) is 5.91 Å². The summed E-state index contributed by atoms with van der Waals surface area (Å²) in [6, 6.07) is 0.493. The SMILES string of the molecule is NC(=O)C1=CC2C[N+]2=C1. The minimum Gasteiger partial charge on any atom is -0.365 e. The van der Waals surface area contributed by atoms with Gasteiger partial charge in [-0.05, 0) is 0 Å². The fraction of sp³-hybridized carbons (Fsp3) is 0.333.